The Morgan fingerprint density at radius 1 is 1.19 bits per heavy atom. The van der Waals surface area contributed by atoms with E-state index in [1.54, 1.807) is 0 Å². The molecule has 3 rings (SSSR count). The zero-order valence-electron chi connectivity index (χ0n) is 16.8. The Hall–Kier alpha value is -1.89. The molecule has 0 radical (unpaired) electrons. The molecule has 148 valence electrons. The first kappa shape index (κ1) is 19.9. The average molecular weight is 373 g/mol. The number of hydrogen-bond donors (Lipinski definition) is 1. The van der Waals surface area contributed by atoms with E-state index in [0.29, 0.717) is 12.6 Å². The minimum absolute atomic E-state index is 0.226. The molecule has 1 N–H and O–H groups in total. The van der Waals surface area contributed by atoms with Gasteiger partial charge in [-0.05, 0) is 38.0 Å². The van der Waals surface area contributed by atoms with Crippen LogP contribution in [0.2, 0.25) is 0 Å². The quantitative estimate of drug-likeness (QED) is 0.770. The number of aromatic nitrogens is 2. The first-order valence-corrected chi connectivity index (χ1v) is 9.87. The van der Waals surface area contributed by atoms with Crippen LogP contribution in [0.3, 0.4) is 0 Å². The van der Waals surface area contributed by atoms with E-state index in [2.05, 4.69) is 34.0 Å². The van der Waals surface area contributed by atoms with Crippen molar-refractivity contribution in [1.82, 2.24) is 19.6 Å². The minimum atomic E-state index is 0.226. The summed E-state index contributed by atoms with van der Waals surface area (Å²) in [6, 6.07) is 8.74. The predicted octanol–water partition coefficient (Wildman–Crippen LogP) is 2.20. The van der Waals surface area contributed by atoms with Crippen molar-refractivity contribution in [3.8, 4) is 5.75 Å². The Bertz CT molecular complexity index is 713. The monoisotopic (exact) mass is 372 g/mol. The Balaban J connectivity index is 1.61. The highest BCUT2D eigenvalue weighted by Crippen LogP contribution is 2.20. The van der Waals surface area contributed by atoms with E-state index >= 15 is 0 Å². The molecule has 2 heterocycles. The lowest BCUT2D eigenvalue weighted by atomic mass is 10.1. The van der Waals surface area contributed by atoms with Crippen LogP contribution in [0.1, 0.15) is 30.2 Å². The van der Waals surface area contributed by atoms with Crippen molar-refractivity contribution in [2.24, 2.45) is 7.05 Å². The smallest absolute Gasteiger partial charge is 0.119 e. The summed E-state index contributed by atoms with van der Waals surface area (Å²) in [5.41, 5.74) is 3.81. The van der Waals surface area contributed by atoms with E-state index in [1.165, 1.54) is 16.8 Å². The SMILES string of the molecule is CCOc1ccc(CN2CCN(Cc3cnn(C)c3C)CC2CCO)cc1. The highest BCUT2D eigenvalue weighted by molar-refractivity contribution is 5.27. The number of nitrogens with zero attached hydrogens (tertiary/aromatic N) is 4. The van der Waals surface area contributed by atoms with Crippen molar-refractivity contribution in [3.05, 3.63) is 47.3 Å². The van der Waals surface area contributed by atoms with E-state index in [-0.39, 0.29) is 6.61 Å². The molecule has 0 bridgehead atoms. The van der Waals surface area contributed by atoms with Gasteiger partial charge in [0.2, 0.25) is 0 Å². The summed E-state index contributed by atoms with van der Waals surface area (Å²) in [4.78, 5) is 4.98. The number of hydrogen-bond acceptors (Lipinski definition) is 5. The number of aliphatic hydroxyl groups is 1. The topological polar surface area (TPSA) is 53.8 Å². The summed E-state index contributed by atoms with van der Waals surface area (Å²) in [7, 11) is 1.99. The highest BCUT2D eigenvalue weighted by Gasteiger charge is 2.27. The summed E-state index contributed by atoms with van der Waals surface area (Å²) >= 11 is 0. The van der Waals surface area contributed by atoms with E-state index in [0.717, 1.165) is 44.9 Å². The van der Waals surface area contributed by atoms with Gasteiger partial charge in [0.15, 0.2) is 0 Å². The molecule has 0 amide bonds. The first-order valence-electron chi connectivity index (χ1n) is 9.87. The van der Waals surface area contributed by atoms with E-state index in [9.17, 15) is 5.11 Å². The van der Waals surface area contributed by atoms with Gasteiger partial charge in [-0.3, -0.25) is 14.5 Å². The third-order valence-corrected chi connectivity index (χ3v) is 5.50. The fourth-order valence-corrected chi connectivity index (χ4v) is 3.76. The molecule has 2 aromatic rings. The third kappa shape index (κ3) is 5.09. The fourth-order valence-electron chi connectivity index (χ4n) is 3.76. The fraction of sp³-hybridized carbons (Fsp3) is 0.571. The molecule has 1 aliphatic heterocycles. The van der Waals surface area contributed by atoms with Gasteiger partial charge in [-0.25, -0.2) is 0 Å². The second-order valence-electron chi connectivity index (χ2n) is 7.33. The van der Waals surface area contributed by atoms with Crippen molar-refractivity contribution in [2.45, 2.75) is 39.4 Å². The van der Waals surface area contributed by atoms with Crippen LogP contribution in [0.15, 0.2) is 30.5 Å². The van der Waals surface area contributed by atoms with Gasteiger partial charge in [0.05, 0.1) is 12.8 Å². The number of aliphatic hydroxyl groups excluding tert-OH is 1. The highest BCUT2D eigenvalue weighted by atomic mass is 16.5. The molecule has 1 unspecified atom stereocenters. The summed E-state index contributed by atoms with van der Waals surface area (Å²) in [5.74, 6) is 0.921. The van der Waals surface area contributed by atoms with E-state index in [4.69, 9.17) is 4.74 Å². The second kappa shape index (κ2) is 9.35. The molecular formula is C21H32N4O2. The van der Waals surface area contributed by atoms with Crippen molar-refractivity contribution in [3.63, 3.8) is 0 Å². The number of benzene rings is 1. The van der Waals surface area contributed by atoms with Crippen LogP contribution in [-0.2, 0) is 20.1 Å². The average Bonchev–Trinajstić information content (AvgIpc) is 2.98. The van der Waals surface area contributed by atoms with Gasteiger partial charge in [-0.1, -0.05) is 12.1 Å². The van der Waals surface area contributed by atoms with Crippen molar-refractivity contribution in [2.75, 3.05) is 32.8 Å². The lowest BCUT2D eigenvalue weighted by molar-refractivity contribution is 0.0499. The largest absolute Gasteiger partial charge is 0.494 e. The number of aryl methyl sites for hydroxylation is 1. The van der Waals surface area contributed by atoms with Crippen LogP contribution in [0.25, 0.3) is 0 Å². The maximum atomic E-state index is 9.55. The maximum Gasteiger partial charge on any atom is 0.119 e. The number of rotatable bonds is 8. The summed E-state index contributed by atoms with van der Waals surface area (Å²) < 4.78 is 7.47. The Labute approximate surface area is 162 Å². The standard InChI is InChI=1S/C21H32N4O2/c1-4-27-21-7-5-18(6-8-21)14-25-11-10-24(16-20(25)9-12-26)15-19-13-22-23(3)17(19)2/h5-8,13,20,26H,4,9-12,14-16H2,1-3H3. The summed E-state index contributed by atoms with van der Waals surface area (Å²) in [5, 5.41) is 13.9. The summed E-state index contributed by atoms with van der Waals surface area (Å²) in [6.07, 6.45) is 2.78. The van der Waals surface area contributed by atoms with Gasteiger partial charge >= 0.3 is 0 Å². The van der Waals surface area contributed by atoms with Gasteiger partial charge in [0.1, 0.15) is 5.75 Å². The lowest BCUT2D eigenvalue weighted by Crippen LogP contribution is -2.52. The van der Waals surface area contributed by atoms with Gasteiger partial charge < -0.3 is 9.84 Å². The predicted molar refractivity (Wildman–Crippen MR) is 107 cm³/mol. The maximum absolute atomic E-state index is 9.55. The molecule has 1 atom stereocenters. The first-order chi connectivity index (χ1) is 13.1. The normalized spacial score (nSPS) is 18.7. The number of ether oxygens (including phenoxy) is 1. The molecule has 1 fully saturated rings. The summed E-state index contributed by atoms with van der Waals surface area (Å²) in [6.45, 7) is 9.90. The number of piperazine rings is 1. The van der Waals surface area contributed by atoms with E-state index in [1.807, 2.05) is 37.0 Å². The Morgan fingerprint density at radius 3 is 2.59 bits per heavy atom. The Morgan fingerprint density at radius 2 is 1.96 bits per heavy atom. The zero-order valence-corrected chi connectivity index (χ0v) is 16.8. The van der Waals surface area contributed by atoms with Crippen molar-refractivity contribution < 1.29 is 9.84 Å². The molecule has 27 heavy (non-hydrogen) atoms. The van der Waals surface area contributed by atoms with Crippen LogP contribution < -0.4 is 4.74 Å². The van der Waals surface area contributed by atoms with Crippen molar-refractivity contribution in [1.29, 1.82) is 0 Å². The van der Waals surface area contributed by atoms with Gasteiger partial charge in [0, 0.05) is 63.7 Å². The molecule has 0 aliphatic carbocycles. The van der Waals surface area contributed by atoms with Crippen LogP contribution in [0.5, 0.6) is 5.75 Å². The third-order valence-electron chi connectivity index (χ3n) is 5.50. The molecule has 6 nitrogen and oxygen atoms in total. The molecule has 6 heteroatoms. The van der Waals surface area contributed by atoms with Crippen LogP contribution in [0, 0.1) is 6.92 Å². The van der Waals surface area contributed by atoms with Gasteiger partial charge in [-0.2, -0.15) is 5.10 Å². The minimum Gasteiger partial charge on any atom is -0.494 e. The van der Waals surface area contributed by atoms with Crippen molar-refractivity contribution >= 4 is 0 Å². The van der Waals surface area contributed by atoms with Crippen LogP contribution in [0.4, 0.5) is 0 Å². The van der Waals surface area contributed by atoms with E-state index < -0.39 is 0 Å². The molecule has 1 aliphatic rings. The molecule has 1 aromatic carbocycles. The second-order valence-corrected chi connectivity index (χ2v) is 7.33. The lowest BCUT2D eigenvalue weighted by Gasteiger charge is -2.41. The van der Waals surface area contributed by atoms with Crippen LogP contribution >= 0.6 is 0 Å². The molecular weight excluding hydrogens is 340 g/mol. The molecule has 0 saturated carbocycles. The molecule has 1 saturated heterocycles. The van der Waals surface area contributed by atoms with Crippen LogP contribution in [-0.4, -0.2) is 63.6 Å². The molecule has 1 aromatic heterocycles. The van der Waals surface area contributed by atoms with Gasteiger partial charge in [-0.15, -0.1) is 0 Å². The Kier molecular flexibility index (Phi) is 6.88. The molecule has 0 spiro atoms. The zero-order chi connectivity index (χ0) is 19.2. The van der Waals surface area contributed by atoms with Gasteiger partial charge in [0.25, 0.3) is 0 Å².